The smallest absolute Gasteiger partial charge is 0.261 e. The molecule has 4 nitrogen and oxygen atoms in total. The molecule has 0 atom stereocenters. The third kappa shape index (κ3) is 2.92. The van der Waals surface area contributed by atoms with Crippen LogP contribution in [0.4, 0.5) is 0 Å². The van der Waals surface area contributed by atoms with E-state index in [2.05, 4.69) is 9.97 Å². The number of hydrogen-bond donors (Lipinski definition) is 0. The molecular formula is C16H15N3OS. The van der Waals surface area contributed by atoms with Gasteiger partial charge in [0, 0.05) is 24.0 Å². The van der Waals surface area contributed by atoms with Gasteiger partial charge in [-0.25, -0.2) is 9.97 Å². The Morgan fingerprint density at radius 3 is 2.76 bits per heavy atom. The zero-order chi connectivity index (χ0) is 14.7. The molecule has 0 N–H and O–H groups in total. The lowest BCUT2D eigenvalue weighted by Gasteiger charge is -2.07. The molecule has 0 spiro atoms. The molecule has 0 saturated carbocycles. The fourth-order valence-corrected chi connectivity index (χ4v) is 2.98. The van der Waals surface area contributed by atoms with Crippen LogP contribution in [-0.2, 0) is 13.0 Å². The average Bonchev–Trinajstić information content (AvgIpc) is 2.92. The van der Waals surface area contributed by atoms with Gasteiger partial charge in [-0.1, -0.05) is 30.3 Å². The topological polar surface area (TPSA) is 47.8 Å². The molecule has 3 rings (SSSR count). The van der Waals surface area contributed by atoms with Crippen molar-refractivity contribution < 1.29 is 0 Å². The van der Waals surface area contributed by atoms with Crippen LogP contribution in [0.5, 0.6) is 0 Å². The van der Waals surface area contributed by atoms with E-state index in [1.807, 2.05) is 42.8 Å². The van der Waals surface area contributed by atoms with Crippen molar-refractivity contribution >= 4 is 11.3 Å². The second-order valence-electron chi connectivity index (χ2n) is 4.78. The van der Waals surface area contributed by atoms with Crippen LogP contribution in [0, 0.1) is 6.92 Å². The van der Waals surface area contributed by atoms with Crippen LogP contribution in [0.2, 0.25) is 0 Å². The molecule has 3 aromatic rings. The van der Waals surface area contributed by atoms with Crippen molar-refractivity contribution in [1.29, 1.82) is 0 Å². The molecule has 2 aromatic heterocycles. The summed E-state index contributed by atoms with van der Waals surface area (Å²) in [5.74, 6) is 0. The third-order valence-electron chi connectivity index (χ3n) is 3.41. The first-order valence-corrected chi connectivity index (χ1v) is 7.62. The van der Waals surface area contributed by atoms with E-state index in [0.29, 0.717) is 12.1 Å². The standard InChI is InChI=1S/C16H15N3OS/c1-12-15(21-11-18-12)7-8-19-10-17-9-14(16(19)20)13-5-3-2-4-6-13/h2-6,9-11H,7-8H2,1H3. The first-order valence-electron chi connectivity index (χ1n) is 6.74. The number of aromatic nitrogens is 3. The predicted octanol–water partition coefficient (Wildman–Crippen LogP) is 2.92. The number of hydrogen-bond acceptors (Lipinski definition) is 4. The summed E-state index contributed by atoms with van der Waals surface area (Å²) >= 11 is 1.63. The van der Waals surface area contributed by atoms with Crippen molar-refractivity contribution in [2.75, 3.05) is 0 Å². The Labute approximate surface area is 126 Å². The van der Waals surface area contributed by atoms with E-state index >= 15 is 0 Å². The maximum atomic E-state index is 12.5. The number of rotatable bonds is 4. The van der Waals surface area contributed by atoms with Crippen LogP contribution in [-0.4, -0.2) is 14.5 Å². The molecule has 2 heterocycles. The van der Waals surface area contributed by atoms with E-state index in [-0.39, 0.29) is 5.56 Å². The monoisotopic (exact) mass is 297 g/mol. The van der Waals surface area contributed by atoms with Gasteiger partial charge in [0.15, 0.2) is 0 Å². The lowest BCUT2D eigenvalue weighted by molar-refractivity contribution is 0.658. The van der Waals surface area contributed by atoms with Crippen molar-refractivity contribution in [3.63, 3.8) is 0 Å². The zero-order valence-electron chi connectivity index (χ0n) is 11.7. The van der Waals surface area contributed by atoms with Gasteiger partial charge in [-0.15, -0.1) is 11.3 Å². The van der Waals surface area contributed by atoms with E-state index in [1.54, 1.807) is 28.4 Å². The van der Waals surface area contributed by atoms with Crippen LogP contribution < -0.4 is 5.56 Å². The van der Waals surface area contributed by atoms with Crippen LogP contribution in [0.25, 0.3) is 11.1 Å². The van der Waals surface area contributed by atoms with Crippen molar-refractivity contribution in [1.82, 2.24) is 14.5 Å². The molecule has 0 radical (unpaired) electrons. The minimum atomic E-state index is -0.00151. The first kappa shape index (κ1) is 13.7. The van der Waals surface area contributed by atoms with Gasteiger partial charge in [0.05, 0.1) is 23.1 Å². The molecule has 0 unspecified atom stereocenters. The Balaban J connectivity index is 1.87. The number of benzene rings is 1. The number of nitrogens with zero attached hydrogens (tertiary/aromatic N) is 3. The van der Waals surface area contributed by atoms with Crippen LogP contribution in [0.3, 0.4) is 0 Å². The summed E-state index contributed by atoms with van der Waals surface area (Å²) in [6, 6.07) is 9.64. The van der Waals surface area contributed by atoms with E-state index < -0.39 is 0 Å². The summed E-state index contributed by atoms with van der Waals surface area (Å²) in [6.45, 7) is 2.61. The Hall–Kier alpha value is -2.27. The summed E-state index contributed by atoms with van der Waals surface area (Å²) in [7, 11) is 0. The Bertz CT molecular complexity index is 793. The van der Waals surface area contributed by atoms with E-state index in [9.17, 15) is 4.79 Å². The molecule has 0 saturated heterocycles. The van der Waals surface area contributed by atoms with Gasteiger partial charge in [-0.2, -0.15) is 0 Å². The van der Waals surface area contributed by atoms with Crippen molar-refractivity contribution in [2.45, 2.75) is 19.9 Å². The maximum Gasteiger partial charge on any atom is 0.261 e. The van der Waals surface area contributed by atoms with Crippen LogP contribution >= 0.6 is 11.3 Å². The molecule has 0 aliphatic rings. The van der Waals surface area contributed by atoms with Gasteiger partial charge < -0.3 is 0 Å². The lowest BCUT2D eigenvalue weighted by Crippen LogP contribution is -2.22. The van der Waals surface area contributed by atoms with Crippen LogP contribution in [0.15, 0.2) is 53.2 Å². The normalized spacial score (nSPS) is 10.7. The molecule has 0 bridgehead atoms. The van der Waals surface area contributed by atoms with E-state index in [0.717, 1.165) is 17.7 Å². The minimum absolute atomic E-state index is 0.00151. The predicted molar refractivity (Wildman–Crippen MR) is 84.5 cm³/mol. The fourth-order valence-electron chi connectivity index (χ4n) is 2.21. The van der Waals surface area contributed by atoms with Crippen LogP contribution in [0.1, 0.15) is 10.6 Å². The third-order valence-corrected chi connectivity index (χ3v) is 4.41. The lowest BCUT2D eigenvalue weighted by atomic mass is 10.1. The van der Waals surface area contributed by atoms with E-state index in [1.165, 1.54) is 4.88 Å². The van der Waals surface area contributed by atoms with Gasteiger partial charge in [0.1, 0.15) is 0 Å². The molecule has 5 heteroatoms. The summed E-state index contributed by atoms with van der Waals surface area (Å²) < 4.78 is 1.67. The van der Waals surface area contributed by atoms with Crippen molar-refractivity contribution in [2.24, 2.45) is 0 Å². The molecule has 1 aromatic carbocycles. The second kappa shape index (κ2) is 6.01. The Kier molecular flexibility index (Phi) is 3.92. The quantitative estimate of drug-likeness (QED) is 0.744. The summed E-state index contributed by atoms with van der Waals surface area (Å²) in [5.41, 5.74) is 4.42. The van der Waals surface area contributed by atoms with Gasteiger partial charge in [-0.05, 0) is 12.5 Å². The summed E-state index contributed by atoms with van der Waals surface area (Å²) in [4.78, 5) is 22.2. The SMILES string of the molecule is Cc1ncsc1CCn1cncc(-c2ccccc2)c1=O. The molecule has 106 valence electrons. The highest BCUT2D eigenvalue weighted by Gasteiger charge is 2.07. The maximum absolute atomic E-state index is 12.5. The van der Waals surface area contributed by atoms with Gasteiger partial charge in [0.25, 0.3) is 5.56 Å². The van der Waals surface area contributed by atoms with Crippen molar-refractivity contribution in [3.8, 4) is 11.1 Å². The number of aryl methyl sites for hydroxylation is 3. The van der Waals surface area contributed by atoms with Gasteiger partial charge >= 0.3 is 0 Å². The van der Waals surface area contributed by atoms with Crippen molar-refractivity contribution in [3.05, 3.63) is 69.3 Å². The molecule has 0 fully saturated rings. The molecule has 21 heavy (non-hydrogen) atoms. The summed E-state index contributed by atoms with van der Waals surface area (Å²) in [6.07, 6.45) is 4.04. The first-order chi connectivity index (χ1) is 10.3. The largest absolute Gasteiger partial charge is 0.298 e. The minimum Gasteiger partial charge on any atom is -0.298 e. The van der Waals surface area contributed by atoms with E-state index in [4.69, 9.17) is 0 Å². The van der Waals surface area contributed by atoms with Gasteiger partial charge in [-0.3, -0.25) is 9.36 Å². The zero-order valence-corrected chi connectivity index (χ0v) is 12.5. The highest BCUT2D eigenvalue weighted by Crippen LogP contribution is 2.15. The molecule has 0 amide bonds. The Morgan fingerprint density at radius 1 is 1.24 bits per heavy atom. The highest BCUT2D eigenvalue weighted by atomic mass is 32.1. The molecular weight excluding hydrogens is 282 g/mol. The second-order valence-corrected chi connectivity index (χ2v) is 5.72. The average molecular weight is 297 g/mol. The number of thiazole rings is 1. The van der Waals surface area contributed by atoms with Gasteiger partial charge in [0.2, 0.25) is 0 Å². The highest BCUT2D eigenvalue weighted by molar-refractivity contribution is 7.09. The summed E-state index contributed by atoms with van der Waals surface area (Å²) in [5, 5.41) is 0. The molecule has 0 aliphatic carbocycles. The Morgan fingerprint density at radius 2 is 2.05 bits per heavy atom. The fraction of sp³-hybridized carbons (Fsp3) is 0.188. The molecule has 0 aliphatic heterocycles.